The zero-order chi connectivity index (χ0) is 20.1. The summed E-state index contributed by atoms with van der Waals surface area (Å²) in [5.74, 6) is -1.15. The van der Waals surface area contributed by atoms with Crippen LogP contribution in [0.15, 0.2) is 55.7 Å². The van der Waals surface area contributed by atoms with Crippen molar-refractivity contribution in [2.24, 2.45) is 0 Å². The Bertz CT molecular complexity index is 1120. The predicted octanol–water partition coefficient (Wildman–Crippen LogP) is 5.02. The molecule has 0 bridgehead atoms. The van der Waals surface area contributed by atoms with E-state index in [0.717, 1.165) is 27.4 Å². The van der Waals surface area contributed by atoms with Crippen molar-refractivity contribution in [1.82, 2.24) is 9.88 Å². The largest absolute Gasteiger partial charge is 0.452 e. The second kappa shape index (κ2) is 6.97. The van der Waals surface area contributed by atoms with Crippen molar-refractivity contribution in [3.05, 3.63) is 58.3 Å². The molecule has 1 aliphatic rings. The molecular formula is C17H12BrF3N2O3S2. The second-order valence-corrected chi connectivity index (χ2v) is 10.2. The number of halogens is 4. The Hall–Kier alpha value is -1.69. The summed E-state index contributed by atoms with van der Waals surface area (Å²) in [6, 6.07) is 10.9. The molecule has 0 radical (unpaired) electrons. The summed E-state index contributed by atoms with van der Waals surface area (Å²) >= 11 is 4.30. The van der Waals surface area contributed by atoms with E-state index in [1.807, 2.05) is 24.3 Å². The Morgan fingerprint density at radius 3 is 2.64 bits per heavy atom. The number of rotatable bonds is 5. The summed E-state index contributed by atoms with van der Waals surface area (Å²) in [7, 11) is -3.79. The van der Waals surface area contributed by atoms with Crippen LogP contribution in [0.25, 0.3) is 10.6 Å². The highest BCUT2D eigenvalue weighted by molar-refractivity contribution is 9.10. The smallest absolute Gasteiger partial charge is 0.351 e. The van der Waals surface area contributed by atoms with E-state index in [1.165, 1.54) is 12.1 Å². The second-order valence-electron chi connectivity index (χ2n) is 6.28. The SMILES string of the molecule is O=S(=O)(N[C@H]1C[C@@H]1c1ccccc1Br)c1ccc(-c2cc(C(F)(F)F)on2)s1. The normalized spacial score (nSPS) is 19.7. The molecule has 3 aromatic rings. The van der Waals surface area contributed by atoms with Crippen molar-refractivity contribution >= 4 is 37.3 Å². The van der Waals surface area contributed by atoms with Gasteiger partial charge < -0.3 is 4.52 Å². The molecule has 2 aromatic heterocycles. The lowest BCUT2D eigenvalue weighted by Crippen LogP contribution is -2.26. The van der Waals surface area contributed by atoms with Gasteiger partial charge in [-0.05, 0) is 30.2 Å². The molecule has 11 heteroatoms. The summed E-state index contributed by atoms with van der Waals surface area (Å²) in [6.07, 6.45) is -3.97. The molecule has 28 heavy (non-hydrogen) atoms. The first kappa shape index (κ1) is 19.6. The molecule has 2 heterocycles. The number of hydrogen-bond donors (Lipinski definition) is 1. The summed E-state index contributed by atoms with van der Waals surface area (Å²) in [5.41, 5.74) is 0.973. The Balaban J connectivity index is 1.49. The van der Waals surface area contributed by atoms with Gasteiger partial charge in [0.25, 0.3) is 0 Å². The van der Waals surface area contributed by atoms with Crippen LogP contribution in [-0.4, -0.2) is 19.6 Å². The molecule has 1 aromatic carbocycles. The first-order valence-corrected chi connectivity index (χ1v) is 11.2. The Kier molecular flexibility index (Phi) is 4.89. The minimum atomic E-state index is -4.65. The average Bonchev–Trinajstić information content (AvgIpc) is 3.05. The molecule has 1 saturated carbocycles. The maximum Gasteiger partial charge on any atom is 0.452 e. The molecule has 2 atom stereocenters. The van der Waals surface area contributed by atoms with Gasteiger partial charge in [0.15, 0.2) is 0 Å². The van der Waals surface area contributed by atoms with E-state index in [9.17, 15) is 21.6 Å². The van der Waals surface area contributed by atoms with Crippen LogP contribution in [0.3, 0.4) is 0 Å². The molecular weight excluding hydrogens is 481 g/mol. The van der Waals surface area contributed by atoms with Crippen LogP contribution in [0, 0.1) is 0 Å². The van der Waals surface area contributed by atoms with Crippen molar-refractivity contribution in [2.45, 2.75) is 28.8 Å². The molecule has 0 unspecified atom stereocenters. The highest BCUT2D eigenvalue weighted by atomic mass is 79.9. The molecule has 1 fully saturated rings. The third kappa shape index (κ3) is 3.88. The molecule has 0 spiro atoms. The van der Waals surface area contributed by atoms with Gasteiger partial charge in [-0.2, -0.15) is 13.2 Å². The van der Waals surface area contributed by atoms with Gasteiger partial charge in [0.05, 0.1) is 4.88 Å². The fourth-order valence-electron chi connectivity index (χ4n) is 2.83. The Morgan fingerprint density at radius 2 is 1.96 bits per heavy atom. The van der Waals surface area contributed by atoms with Gasteiger partial charge in [0.1, 0.15) is 9.90 Å². The zero-order valence-electron chi connectivity index (χ0n) is 13.9. The molecule has 1 aliphatic carbocycles. The monoisotopic (exact) mass is 492 g/mol. The maximum absolute atomic E-state index is 12.6. The number of aromatic nitrogens is 1. The number of nitrogens with one attached hydrogen (secondary N) is 1. The lowest BCUT2D eigenvalue weighted by Gasteiger charge is -2.06. The van der Waals surface area contributed by atoms with E-state index in [1.54, 1.807) is 0 Å². The lowest BCUT2D eigenvalue weighted by molar-refractivity contribution is -0.155. The van der Waals surface area contributed by atoms with Crippen LogP contribution in [0.1, 0.15) is 23.7 Å². The van der Waals surface area contributed by atoms with E-state index in [-0.39, 0.29) is 26.7 Å². The number of benzene rings is 1. The van der Waals surface area contributed by atoms with Gasteiger partial charge in [-0.15, -0.1) is 11.3 Å². The topological polar surface area (TPSA) is 72.2 Å². The number of hydrogen-bond acceptors (Lipinski definition) is 5. The van der Waals surface area contributed by atoms with Crippen molar-refractivity contribution in [2.75, 3.05) is 0 Å². The van der Waals surface area contributed by atoms with Crippen molar-refractivity contribution in [3.63, 3.8) is 0 Å². The number of thiophene rings is 1. The molecule has 148 valence electrons. The van der Waals surface area contributed by atoms with Crippen molar-refractivity contribution in [3.8, 4) is 10.6 Å². The lowest BCUT2D eigenvalue weighted by atomic mass is 10.1. The van der Waals surface area contributed by atoms with E-state index >= 15 is 0 Å². The fraction of sp³-hybridized carbons (Fsp3) is 0.235. The summed E-state index contributed by atoms with van der Waals surface area (Å²) in [4.78, 5) is 0.276. The summed E-state index contributed by atoms with van der Waals surface area (Å²) < 4.78 is 71.0. The molecule has 5 nitrogen and oxygen atoms in total. The standard InChI is InChI=1S/C17H12BrF3N2O3S2/c18-11-4-2-1-3-9(11)10-7-12(10)23-28(24,25)16-6-5-14(27-16)13-8-15(26-22-13)17(19,20)21/h1-6,8,10,12,23H,7H2/t10-,12+/m1/s1. The summed E-state index contributed by atoms with van der Waals surface area (Å²) in [5, 5.41) is 3.38. The predicted molar refractivity (Wildman–Crippen MR) is 100 cm³/mol. The fourth-order valence-corrected chi connectivity index (χ4v) is 5.97. The van der Waals surface area contributed by atoms with E-state index in [2.05, 4.69) is 30.3 Å². The van der Waals surface area contributed by atoms with Crippen LogP contribution in [0.4, 0.5) is 13.2 Å². The first-order valence-electron chi connectivity index (χ1n) is 8.06. The minimum Gasteiger partial charge on any atom is -0.351 e. The van der Waals surface area contributed by atoms with Crippen molar-refractivity contribution < 1.29 is 26.1 Å². The van der Waals surface area contributed by atoms with E-state index in [0.29, 0.717) is 6.42 Å². The number of alkyl halides is 3. The molecule has 0 aliphatic heterocycles. The van der Waals surface area contributed by atoms with Gasteiger partial charge in [0.2, 0.25) is 15.8 Å². The van der Waals surface area contributed by atoms with Gasteiger partial charge in [-0.25, -0.2) is 13.1 Å². The zero-order valence-corrected chi connectivity index (χ0v) is 17.1. The van der Waals surface area contributed by atoms with Gasteiger partial charge in [-0.1, -0.05) is 39.3 Å². The highest BCUT2D eigenvalue weighted by Gasteiger charge is 2.42. The molecule has 0 saturated heterocycles. The van der Waals surface area contributed by atoms with Crippen molar-refractivity contribution in [1.29, 1.82) is 0 Å². The van der Waals surface area contributed by atoms with Gasteiger partial charge in [-0.3, -0.25) is 0 Å². The minimum absolute atomic E-state index is 0.0110. The van der Waals surface area contributed by atoms with Gasteiger partial charge in [0, 0.05) is 22.5 Å². The number of nitrogens with zero attached hydrogens (tertiary/aromatic N) is 1. The van der Waals surface area contributed by atoms with Crippen LogP contribution in [-0.2, 0) is 16.2 Å². The van der Waals surface area contributed by atoms with Crippen LogP contribution >= 0.6 is 27.3 Å². The molecule has 0 amide bonds. The molecule has 4 rings (SSSR count). The molecule has 1 N–H and O–H groups in total. The van der Waals surface area contributed by atoms with Crippen LogP contribution < -0.4 is 4.72 Å². The third-order valence-electron chi connectivity index (χ3n) is 4.29. The third-order valence-corrected chi connectivity index (χ3v) is 8.10. The Morgan fingerprint density at radius 1 is 1.21 bits per heavy atom. The Labute approximate surface area is 170 Å². The number of sulfonamides is 1. The quantitative estimate of drug-likeness (QED) is 0.542. The van der Waals surface area contributed by atoms with Crippen LogP contribution in [0.5, 0.6) is 0 Å². The first-order chi connectivity index (χ1) is 13.1. The maximum atomic E-state index is 12.6. The summed E-state index contributed by atoms with van der Waals surface area (Å²) in [6.45, 7) is 0. The van der Waals surface area contributed by atoms with E-state index < -0.39 is 22.0 Å². The average molecular weight is 493 g/mol. The van der Waals surface area contributed by atoms with Gasteiger partial charge >= 0.3 is 6.18 Å². The van der Waals surface area contributed by atoms with Crippen LogP contribution in [0.2, 0.25) is 0 Å². The van der Waals surface area contributed by atoms with E-state index in [4.69, 9.17) is 0 Å². The highest BCUT2D eigenvalue weighted by Crippen LogP contribution is 2.44.